The van der Waals surface area contributed by atoms with Crippen LogP contribution in [0.25, 0.3) is 0 Å². The van der Waals surface area contributed by atoms with Crippen LogP contribution in [0, 0.1) is 0 Å². The summed E-state index contributed by atoms with van der Waals surface area (Å²) >= 11 is 0. The molecule has 0 spiro atoms. The third-order valence-corrected chi connectivity index (χ3v) is 2.44. The second kappa shape index (κ2) is 12.5. The first kappa shape index (κ1) is 13.4. The first-order valence-electron chi connectivity index (χ1n) is 3.34. The van der Waals surface area contributed by atoms with Gasteiger partial charge in [-0.1, -0.05) is 0 Å². The average Bonchev–Trinajstić information content (AvgIpc) is 1.89. The van der Waals surface area contributed by atoms with Crippen molar-refractivity contribution in [1.29, 1.82) is 0 Å². The Hall–Kier alpha value is 0.830. The Kier molecular flexibility index (Phi) is 16.8. The molecule has 0 heterocycles. The van der Waals surface area contributed by atoms with E-state index in [1.807, 2.05) is 0 Å². The number of halogens is 1. The molecule has 0 aliphatic carbocycles. The second-order valence-corrected chi connectivity index (χ2v) is 3.40. The van der Waals surface area contributed by atoms with Gasteiger partial charge in [0, 0.05) is 13.2 Å². The fraction of sp³-hybridized carbons (Fsp3) is 1.00. The molecule has 0 radical (unpaired) electrons. The molecular formula is C6H16BrO2P. The smallest absolute Gasteiger partial charge is 0.0434 e. The number of hydrogen-bond acceptors (Lipinski definition) is 2. The number of aliphatic hydroxyl groups excluding tert-OH is 2. The molecule has 0 fully saturated rings. The van der Waals surface area contributed by atoms with E-state index in [4.69, 9.17) is 10.2 Å². The zero-order chi connectivity index (χ0) is 6.95. The minimum atomic E-state index is 0. The van der Waals surface area contributed by atoms with E-state index in [2.05, 4.69) is 0 Å². The maximum Gasteiger partial charge on any atom is 0.0434 e. The van der Waals surface area contributed by atoms with Gasteiger partial charge in [-0.2, -0.15) is 0 Å². The monoisotopic (exact) mass is 230 g/mol. The average molecular weight is 231 g/mol. The van der Waals surface area contributed by atoms with Crippen LogP contribution >= 0.6 is 25.6 Å². The van der Waals surface area contributed by atoms with Crippen molar-refractivity contribution in [3.8, 4) is 0 Å². The molecule has 2 nitrogen and oxygen atoms in total. The van der Waals surface area contributed by atoms with Crippen molar-refractivity contribution in [3.63, 3.8) is 0 Å². The van der Waals surface area contributed by atoms with Crippen molar-refractivity contribution >= 4 is 25.6 Å². The van der Waals surface area contributed by atoms with Crippen LogP contribution in [0.4, 0.5) is 0 Å². The van der Waals surface area contributed by atoms with Gasteiger partial charge in [-0.25, -0.2) is 0 Å². The summed E-state index contributed by atoms with van der Waals surface area (Å²) in [4.78, 5) is 0. The molecular weight excluding hydrogens is 215 g/mol. The standard InChI is InChI=1S/C6H15O2P.BrH/c7-3-1-5-9-6-2-4-8;/h7-9H,1-6H2;1H. The summed E-state index contributed by atoms with van der Waals surface area (Å²) in [6.45, 7) is 0.623. The van der Waals surface area contributed by atoms with Crippen LogP contribution in [-0.2, 0) is 0 Å². The van der Waals surface area contributed by atoms with Gasteiger partial charge in [0.1, 0.15) is 0 Å². The number of aliphatic hydroxyl groups is 2. The van der Waals surface area contributed by atoms with Gasteiger partial charge in [-0.15, -0.1) is 25.6 Å². The molecule has 10 heavy (non-hydrogen) atoms. The third kappa shape index (κ3) is 11.6. The van der Waals surface area contributed by atoms with Gasteiger partial charge >= 0.3 is 0 Å². The molecule has 0 amide bonds. The van der Waals surface area contributed by atoms with Crippen LogP contribution in [0.1, 0.15) is 12.8 Å². The van der Waals surface area contributed by atoms with Crippen LogP contribution in [-0.4, -0.2) is 35.8 Å². The molecule has 0 aliphatic rings. The predicted octanol–water partition coefficient (Wildman–Crippen LogP) is 1.01. The Morgan fingerprint density at radius 2 is 1.30 bits per heavy atom. The topological polar surface area (TPSA) is 40.5 Å². The maximum atomic E-state index is 8.38. The summed E-state index contributed by atoms with van der Waals surface area (Å²) in [5.41, 5.74) is 0. The second-order valence-electron chi connectivity index (χ2n) is 1.90. The molecule has 0 atom stereocenters. The van der Waals surface area contributed by atoms with E-state index in [-0.39, 0.29) is 17.0 Å². The van der Waals surface area contributed by atoms with Crippen molar-refractivity contribution in [3.05, 3.63) is 0 Å². The van der Waals surface area contributed by atoms with Gasteiger partial charge in [0.05, 0.1) is 0 Å². The van der Waals surface area contributed by atoms with Gasteiger partial charge < -0.3 is 10.2 Å². The normalized spacial score (nSPS) is 9.00. The Bertz CT molecular complexity index is 49.0. The molecule has 0 aromatic carbocycles. The van der Waals surface area contributed by atoms with Gasteiger partial charge in [-0.05, 0) is 25.2 Å². The lowest BCUT2D eigenvalue weighted by Crippen LogP contribution is -1.88. The first-order valence-corrected chi connectivity index (χ1v) is 4.75. The van der Waals surface area contributed by atoms with Gasteiger partial charge in [0.15, 0.2) is 0 Å². The number of hydrogen-bond donors (Lipinski definition) is 2. The van der Waals surface area contributed by atoms with Gasteiger partial charge in [0.25, 0.3) is 0 Å². The Balaban J connectivity index is 0. The van der Waals surface area contributed by atoms with Crippen molar-refractivity contribution in [2.24, 2.45) is 0 Å². The summed E-state index contributed by atoms with van der Waals surface area (Å²) < 4.78 is 0. The lowest BCUT2D eigenvalue weighted by Gasteiger charge is -1.96. The molecule has 4 heteroatoms. The van der Waals surface area contributed by atoms with Crippen molar-refractivity contribution in [2.45, 2.75) is 12.8 Å². The molecule has 0 rings (SSSR count). The lowest BCUT2D eigenvalue weighted by molar-refractivity contribution is 0.294. The van der Waals surface area contributed by atoms with E-state index in [0.29, 0.717) is 13.2 Å². The Morgan fingerprint density at radius 1 is 0.900 bits per heavy atom. The zero-order valence-corrected chi connectivity index (χ0v) is 8.76. The highest BCUT2D eigenvalue weighted by atomic mass is 79.9. The lowest BCUT2D eigenvalue weighted by atomic mass is 10.5. The zero-order valence-electron chi connectivity index (χ0n) is 6.05. The molecule has 0 bridgehead atoms. The van der Waals surface area contributed by atoms with E-state index in [0.717, 1.165) is 33.7 Å². The molecule has 0 aromatic rings. The van der Waals surface area contributed by atoms with Crippen LogP contribution in [0.5, 0.6) is 0 Å². The highest BCUT2D eigenvalue weighted by Crippen LogP contribution is 2.11. The minimum Gasteiger partial charge on any atom is -0.396 e. The minimum absolute atomic E-state index is 0. The summed E-state index contributed by atoms with van der Waals surface area (Å²) in [5.74, 6) is 0. The van der Waals surface area contributed by atoms with Crippen molar-refractivity contribution in [1.82, 2.24) is 0 Å². The maximum absolute atomic E-state index is 8.38. The van der Waals surface area contributed by atoms with Crippen molar-refractivity contribution in [2.75, 3.05) is 25.5 Å². The molecule has 2 N–H and O–H groups in total. The molecule has 0 unspecified atom stereocenters. The summed E-state index contributed by atoms with van der Waals surface area (Å²) in [6, 6.07) is 0. The Labute approximate surface area is 74.6 Å². The first-order chi connectivity index (χ1) is 4.41. The summed E-state index contributed by atoms with van der Waals surface area (Å²) in [5, 5.41) is 16.8. The summed E-state index contributed by atoms with van der Waals surface area (Å²) in [7, 11) is 0.926. The molecule has 0 aromatic heterocycles. The van der Waals surface area contributed by atoms with Crippen LogP contribution in [0.3, 0.4) is 0 Å². The molecule has 0 saturated carbocycles. The van der Waals surface area contributed by atoms with Crippen LogP contribution in [0.15, 0.2) is 0 Å². The van der Waals surface area contributed by atoms with Crippen LogP contribution < -0.4 is 0 Å². The van der Waals surface area contributed by atoms with E-state index in [9.17, 15) is 0 Å². The third-order valence-electron chi connectivity index (χ3n) is 1.02. The highest BCUT2D eigenvalue weighted by Gasteiger charge is 1.86. The van der Waals surface area contributed by atoms with Gasteiger partial charge in [-0.3, -0.25) is 0 Å². The fourth-order valence-electron chi connectivity index (χ4n) is 0.533. The van der Waals surface area contributed by atoms with E-state index < -0.39 is 0 Å². The van der Waals surface area contributed by atoms with Gasteiger partial charge in [0.2, 0.25) is 0 Å². The largest absolute Gasteiger partial charge is 0.396 e. The van der Waals surface area contributed by atoms with E-state index >= 15 is 0 Å². The van der Waals surface area contributed by atoms with Crippen LogP contribution in [0.2, 0.25) is 0 Å². The molecule has 64 valence electrons. The van der Waals surface area contributed by atoms with E-state index in [1.165, 1.54) is 0 Å². The fourth-order valence-corrected chi connectivity index (χ4v) is 1.60. The van der Waals surface area contributed by atoms with E-state index in [1.54, 1.807) is 0 Å². The number of rotatable bonds is 6. The molecule has 0 saturated heterocycles. The Morgan fingerprint density at radius 3 is 1.60 bits per heavy atom. The summed E-state index contributed by atoms with van der Waals surface area (Å²) in [6.07, 6.45) is 4.08. The van der Waals surface area contributed by atoms with Crippen molar-refractivity contribution < 1.29 is 10.2 Å². The highest BCUT2D eigenvalue weighted by molar-refractivity contribution is 8.93. The molecule has 0 aliphatic heterocycles. The quantitative estimate of drug-likeness (QED) is 0.529. The predicted molar refractivity (Wildman–Crippen MR) is 51.8 cm³/mol. The SMILES string of the molecule is Br.OCCCPCCCO.